The first-order valence-electron chi connectivity index (χ1n) is 5.13. The summed E-state index contributed by atoms with van der Waals surface area (Å²) in [4.78, 5) is 22.1. The van der Waals surface area contributed by atoms with E-state index in [0.717, 1.165) is 0 Å². The average molecular weight is 266 g/mol. The van der Waals surface area contributed by atoms with E-state index >= 15 is 0 Å². The maximum absolute atomic E-state index is 11.5. The Morgan fingerprint density at radius 1 is 1.24 bits per heavy atom. The van der Waals surface area contributed by atoms with Crippen LogP contribution in [0.2, 0.25) is 0 Å². The molecule has 100 valence electrons. The van der Waals surface area contributed by atoms with Crippen LogP contribution in [0.15, 0.2) is 0 Å². The lowest BCUT2D eigenvalue weighted by Gasteiger charge is -2.15. The summed E-state index contributed by atoms with van der Waals surface area (Å²) in [6, 6.07) is 0. The predicted octanol–water partition coefficient (Wildman–Crippen LogP) is -0.991. The third-order valence-corrected chi connectivity index (χ3v) is 3.90. The molecule has 0 aliphatic carbocycles. The highest BCUT2D eigenvalue weighted by molar-refractivity contribution is 7.89. The van der Waals surface area contributed by atoms with Gasteiger partial charge in [-0.2, -0.15) is 0 Å². The van der Waals surface area contributed by atoms with Gasteiger partial charge in [0.2, 0.25) is 15.9 Å². The van der Waals surface area contributed by atoms with E-state index < -0.39 is 33.7 Å². The van der Waals surface area contributed by atoms with Gasteiger partial charge in [0, 0.05) is 12.5 Å². The Morgan fingerprint density at radius 3 is 2.18 bits per heavy atom. The van der Waals surface area contributed by atoms with E-state index in [9.17, 15) is 18.0 Å². The van der Waals surface area contributed by atoms with Gasteiger partial charge in [0.15, 0.2) is 0 Å². The van der Waals surface area contributed by atoms with Gasteiger partial charge in [-0.25, -0.2) is 13.1 Å². The van der Waals surface area contributed by atoms with Crippen molar-refractivity contribution < 1.29 is 23.1 Å². The summed E-state index contributed by atoms with van der Waals surface area (Å²) in [6.45, 7) is 2.87. The van der Waals surface area contributed by atoms with Crippen LogP contribution in [0.5, 0.6) is 0 Å². The van der Waals surface area contributed by atoms with E-state index in [1.807, 2.05) is 0 Å². The molecule has 0 saturated carbocycles. The first-order chi connectivity index (χ1) is 7.71. The fraction of sp³-hybridized carbons (Fsp3) is 0.778. The van der Waals surface area contributed by atoms with Crippen molar-refractivity contribution in [2.45, 2.75) is 13.8 Å². The molecule has 1 amide bonds. The average Bonchev–Trinajstić information content (AvgIpc) is 2.26. The summed E-state index contributed by atoms with van der Waals surface area (Å²) >= 11 is 0. The molecule has 2 atom stereocenters. The summed E-state index contributed by atoms with van der Waals surface area (Å²) in [5, 5.41) is 11.1. The van der Waals surface area contributed by atoms with Gasteiger partial charge >= 0.3 is 5.97 Å². The number of nitrogens with one attached hydrogen (secondary N) is 2. The Hall–Kier alpha value is -1.15. The summed E-state index contributed by atoms with van der Waals surface area (Å²) < 4.78 is 24.2. The molecule has 0 aromatic rings. The monoisotopic (exact) mass is 266 g/mol. The van der Waals surface area contributed by atoms with Crippen molar-refractivity contribution in [1.82, 2.24) is 10.0 Å². The van der Waals surface area contributed by atoms with Gasteiger partial charge in [0.1, 0.15) is 0 Å². The second-order valence-electron chi connectivity index (χ2n) is 3.73. The first-order valence-corrected chi connectivity index (χ1v) is 6.78. The van der Waals surface area contributed by atoms with Gasteiger partial charge in [0.25, 0.3) is 0 Å². The van der Waals surface area contributed by atoms with Gasteiger partial charge in [0.05, 0.1) is 11.7 Å². The first kappa shape index (κ1) is 15.9. The Morgan fingerprint density at radius 2 is 1.76 bits per heavy atom. The highest BCUT2D eigenvalue weighted by atomic mass is 32.2. The number of rotatable bonds is 7. The Labute approximate surface area is 101 Å². The highest BCUT2D eigenvalue weighted by Gasteiger charge is 2.25. The topological polar surface area (TPSA) is 113 Å². The van der Waals surface area contributed by atoms with E-state index in [2.05, 4.69) is 10.0 Å². The molecule has 0 aromatic carbocycles. The quantitative estimate of drug-likeness (QED) is 0.547. The number of hydrogen-bond acceptors (Lipinski definition) is 4. The minimum Gasteiger partial charge on any atom is -0.481 e. The number of carbonyl (C=O) groups excluding carboxylic acids is 1. The van der Waals surface area contributed by atoms with Crippen LogP contribution in [0, 0.1) is 11.8 Å². The van der Waals surface area contributed by atoms with Crippen molar-refractivity contribution in [3.8, 4) is 0 Å². The van der Waals surface area contributed by atoms with E-state index in [4.69, 9.17) is 5.11 Å². The second-order valence-corrected chi connectivity index (χ2v) is 5.78. The fourth-order valence-electron chi connectivity index (χ4n) is 1.01. The molecule has 0 aliphatic heterocycles. The van der Waals surface area contributed by atoms with Gasteiger partial charge in [-0.05, 0) is 7.05 Å². The van der Waals surface area contributed by atoms with Crippen molar-refractivity contribution in [3.63, 3.8) is 0 Å². The molecule has 0 aromatic heterocycles. The molecule has 0 rings (SSSR count). The fourth-order valence-corrected chi connectivity index (χ4v) is 1.59. The molecule has 0 saturated heterocycles. The lowest BCUT2D eigenvalue weighted by atomic mass is 9.95. The number of carboxylic acids is 1. The molecule has 3 N–H and O–H groups in total. The van der Waals surface area contributed by atoms with Crippen molar-refractivity contribution in [1.29, 1.82) is 0 Å². The minimum atomic E-state index is -3.36. The Balaban J connectivity index is 4.16. The van der Waals surface area contributed by atoms with Crippen LogP contribution in [-0.2, 0) is 19.6 Å². The third kappa shape index (κ3) is 5.64. The molecule has 0 spiro atoms. The van der Waals surface area contributed by atoms with Crippen molar-refractivity contribution in [2.75, 3.05) is 19.3 Å². The van der Waals surface area contributed by atoms with E-state index in [0.29, 0.717) is 0 Å². The van der Waals surface area contributed by atoms with Crippen molar-refractivity contribution in [2.24, 2.45) is 11.8 Å². The molecular weight excluding hydrogens is 248 g/mol. The number of hydrogen-bond donors (Lipinski definition) is 3. The zero-order valence-electron chi connectivity index (χ0n) is 10.1. The summed E-state index contributed by atoms with van der Waals surface area (Å²) in [5.74, 6) is -3.27. The number of amides is 1. The van der Waals surface area contributed by atoms with E-state index in [1.54, 1.807) is 0 Å². The van der Waals surface area contributed by atoms with Crippen LogP contribution in [0.4, 0.5) is 0 Å². The van der Waals surface area contributed by atoms with Crippen LogP contribution in [0.3, 0.4) is 0 Å². The van der Waals surface area contributed by atoms with Crippen molar-refractivity contribution in [3.05, 3.63) is 0 Å². The highest BCUT2D eigenvalue weighted by Crippen LogP contribution is 2.10. The van der Waals surface area contributed by atoms with Gasteiger partial charge in [-0.15, -0.1) is 0 Å². The largest absolute Gasteiger partial charge is 0.481 e. The van der Waals surface area contributed by atoms with Crippen LogP contribution in [0.1, 0.15) is 13.8 Å². The zero-order chi connectivity index (χ0) is 13.6. The lowest BCUT2D eigenvalue weighted by Crippen LogP contribution is -2.38. The van der Waals surface area contributed by atoms with E-state index in [-0.39, 0.29) is 12.3 Å². The van der Waals surface area contributed by atoms with Crippen LogP contribution in [-0.4, -0.2) is 44.7 Å². The Bertz CT molecular complexity index is 379. The predicted molar refractivity (Wildman–Crippen MR) is 61.8 cm³/mol. The number of sulfonamides is 1. The SMILES string of the molecule is CNS(=O)(=O)CCNC(=O)C(C)C(C)C(=O)O. The maximum atomic E-state index is 11.5. The Kier molecular flexibility index (Phi) is 6.11. The zero-order valence-corrected chi connectivity index (χ0v) is 10.9. The van der Waals surface area contributed by atoms with Crippen molar-refractivity contribution >= 4 is 21.9 Å². The second kappa shape index (κ2) is 6.55. The molecule has 0 aliphatic rings. The number of carboxylic acid groups (broad SMARTS) is 1. The standard InChI is InChI=1S/C9H18N2O5S/c1-6(7(2)9(13)14)8(12)11-4-5-17(15,16)10-3/h6-7,10H,4-5H2,1-3H3,(H,11,12)(H,13,14). The molecule has 0 bridgehead atoms. The number of aliphatic carboxylic acids is 1. The van der Waals surface area contributed by atoms with Gasteiger partial charge < -0.3 is 10.4 Å². The molecule has 17 heavy (non-hydrogen) atoms. The van der Waals surface area contributed by atoms with Gasteiger partial charge in [-0.3, -0.25) is 9.59 Å². The normalized spacial score (nSPS) is 15.0. The molecule has 7 nitrogen and oxygen atoms in total. The molecule has 0 fully saturated rings. The summed E-state index contributed by atoms with van der Waals surface area (Å²) in [7, 11) is -2.07. The van der Waals surface area contributed by atoms with E-state index in [1.165, 1.54) is 20.9 Å². The summed E-state index contributed by atoms with van der Waals surface area (Å²) in [5.41, 5.74) is 0. The molecule has 0 heterocycles. The molecule has 0 radical (unpaired) electrons. The number of carbonyl (C=O) groups is 2. The molecular formula is C9H18N2O5S. The lowest BCUT2D eigenvalue weighted by molar-refractivity contribution is -0.146. The molecule has 8 heteroatoms. The smallest absolute Gasteiger partial charge is 0.307 e. The van der Waals surface area contributed by atoms with Crippen LogP contribution < -0.4 is 10.0 Å². The van der Waals surface area contributed by atoms with Crippen LogP contribution >= 0.6 is 0 Å². The summed E-state index contributed by atoms with van der Waals surface area (Å²) in [6.07, 6.45) is 0. The van der Waals surface area contributed by atoms with Crippen LogP contribution in [0.25, 0.3) is 0 Å². The third-order valence-electron chi connectivity index (χ3n) is 2.53. The van der Waals surface area contributed by atoms with Gasteiger partial charge in [-0.1, -0.05) is 13.8 Å². The molecule has 2 unspecified atom stereocenters. The minimum absolute atomic E-state index is 0.0430. The maximum Gasteiger partial charge on any atom is 0.307 e.